The summed E-state index contributed by atoms with van der Waals surface area (Å²) in [6.45, 7) is 4.20. The summed E-state index contributed by atoms with van der Waals surface area (Å²) in [5.74, 6) is -0.186. The van der Waals surface area contributed by atoms with Gasteiger partial charge in [0.2, 0.25) is 0 Å². The molecule has 0 saturated carbocycles. The number of fused-ring (bicyclic) bond motifs is 2. The fraction of sp³-hybridized carbons (Fsp3) is 0.214. The summed E-state index contributed by atoms with van der Waals surface area (Å²) < 4.78 is 33.1. The van der Waals surface area contributed by atoms with Gasteiger partial charge in [0.1, 0.15) is 27.6 Å². The molecule has 0 bridgehead atoms. The van der Waals surface area contributed by atoms with Gasteiger partial charge in [0.25, 0.3) is 5.56 Å². The Morgan fingerprint density at radius 1 is 1.10 bits per heavy atom. The highest BCUT2D eigenvalue weighted by Gasteiger charge is 2.31. The zero-order chi connectivity index (χ0) is 27.7. The Labute approximate surface area is 226 Å². The Morgan fingerprint density at radius 2 is 1.87 bits per heavy atom. The van der Waals surface area contributed by atoms with Crippen LogP contribution in [0.2, 0.25) is 0 Å². The third-order valence-electron chi connectivity index (χ3n) is 6.35. The molecule has 2 aromatic heterocycles. The first-order valence-electron chi connectivity index (χ1n) is 12.4. The van der Waals surface area contributed by atoms with Gasteiger partial charge < -0.3 is 15.2 Å². The van der Waals surface area contributed by atoms with Crippen LogP contribution in [-0.4, -0.2) is 42.0 Å². The molecule has 0 radical (unpaired) electrons. The number of aryl methyl sites for hydroxylation is 1. The number of pyridine rings is 2. The van der Waals surface area contributed by atoms with E-state index in [1.807, 2.05) is 19.9 Å². The van der Waals surface area contributed by atoms with E-state index >= 15 is 0 Å². The van der Waals surface area contributed by atoms with Gasteiger partial charge >= 0.3 is 0 Å². The molecule has 1 aliphatic rings. The van der Waals surface area contributed by atoms with E-state index in [0.29, 0.717) is 35.5 Å². The number of nitrogens with one attached hydrogen (secondary N) is 1. The molecule has 5 rings (SSSR count). The van der Waals surface area contributed by atoms with Crippen molar-refractivity contribution in [1.29, 1.82) is 0 Å². The monoisotopic (exact) mass is 548 g/mol. The van der Waals surface area contributed by atoms with E-state index in [9.17, 15) is 23.8 Å². The number of aromatic nitrogens is 2. The molecule has 202 valence electrons. The lowest BCUT2D eigenvalue weighted by atomic mass is 10.1. The third kappa shape index (κ3) is 5.24. The number of rotatable bonds is 8. The molecule has 1 aliphatic heterocycles. The van der Waals surface area contributed by atoms with Crippen molar-refractivity contribution >= 4 is 39.1 Å². The highest BCUT2D eigenvalue weighted by atomic mass is 32.3. The van der Waals surface area contributed by atoms with E-state index in [1.165, 1.54) is 16.7 Å². The standard InChI is InChI=1S/C28H28N4O6S/c1-17(2)12-14-32-27-20(9-6-13-29-27)25(34)24(28(32)35)26-30-21-11-10-19(15-23(21)39(36,37)31-26)38-16-22(33)18-7-4-3-5-8-18/h3-11,13,15,17,34,36-37H,12,14,16H2,1-2H3,(H,30,31). The third-order valence-corrected chi connectivity index (χ3v) is 7.71. The van der Waals surface area contributed by atoms with Crippen molar-refractivity contribution in [3.05, 3.63) is 88.3 Å². The average molecular weight is 549 g/mol. The van der Waals surface area contributed by atoms with Crippen molar-refractivity contribution in [2.24, 2.45) is 10.3 Å². The molecule has 11 heteroatoms. The van der Waals surface area contributed by atoms with Crippen molar-refractivity contribution in [3.8, 4) is 11.5 Å². The smallest absolute Gasteiger partial charge is 0.267 e. The van der Waals surface area contributed by atoms with Crippen LogP contribution in [0.15, 0.2) is 80.9 Å². The molecule has 2 aromatic carbocycles. The number of carbonyl (C=O) groups excluding carboxylic acids is 1. The van der Waals surface area contributed by atoms with E-state index in [0.717, 1.165) is 0 Å². The predicted octanol–water partition coefficient (Wildman–Crippen LogP) is 5.31. The normalized spacial score (nSPS) is 14.8. The number of ketones is 1. The minimum atomic E-state index is -3.79. The van der Waals surface area contributed by atoms with Crippen LogP contribution in [-0.2, 0) is 6.54 Å². The van der Waals surface area contributed by atoms with Gasteiger partial charge in [0, 0.05) is 24.4 Å². The molecule has 3 heterocycles. The summed E-state index contributed by atoms with van der Waals surface area (Å²) in [7, 11) is -3.79. The molecule has 0 spiro atoms. The van der Waals surface area contributed by atoms with Crippen LogP contribution < -0.4 is 15.6 Å². The molecule has 0 aliphatic carbocycles. The van der Waals surface area contributed by atoms with Crippen LogP contribution in [0.1, 0.15) is 36.2 Å². The fourth-order valence-electron chi connectivity index (χ4n) is 4.29. The summed E-state index contributed by atoms with van der Waals surface area (Å²) in [6, 6.07) is 16.5. The van der Waals surface area contributed by atoms with Gasteiger partial charge in [-0.2, -0.15) is 0 Å². The van der Waals surface area contributed by atoms with Crippen LogP contribution in [0.4, 0.5) is 5.69 Å². The van der Waals surface area contributed by atoms with Gasteiger partial charge in [-0.3, -0.25) is 23.3 Å². The first-order valence-corrected chi connectivity index (χ1v) is 13.9. The lowest BCUT2D eigenvalue weighted by Crippen LogP contribution is -2.32. The largest absolute Gasteiger partial charge is 0.506 e. The fourth-order valence-corrected chi connectivity index (χ4v) is 5.46. The number of hydrogen-bond acceptors (Lipinski definition) is 9. The van der Waals surface area contributed by atoms with Crippen molar-refractivity contribution in [2.75, 3.05) is 11.9 Å². The van der Waals surface area contributed by atoms with Gasteiger partial charge in [-0.1, -0.05) is 55.0 Å². The number of Topliss-reactive ketones (excluding diaryl/α,β-unsaturated/α-hetero) is 1. The van der Waals surface area contributed by atoms with Gasteiger partial charge in [0.15, 0.2) is 18.2 Å². The number of aromatic hydroxyl groups is 1. The van der Waals surface area contributed by atoms with Crippen LogP contribution in [0.25, 0.3) is 11.0 Å². The van der Waals surface area contributed by atoms with Crippen LogP contribution in [0.3, 0.4) is 0 Å². The number of benzene rings is 2. The number of carbonyl (C=O) groups is 1. The van der Waals surface area contributed by atoms with E-state index < -0.39 is 16.3 Å². The maximum Gasteiger partial charge on any atom is 0.267 e. The van der Waals surface area contributed by atoms with Crippen LogP contribution in [0, 0.1) is 5.92 Å². The number of amidine groups is 1. The van der Waals surface area contributed by atoms with Gasteiger partial charge in [-0.15, -0.1) is 4.40 Å². The molecule has 0 atom stereocenters. The Bertz CT molecular complexity index is 1650. The predicted molar refractivity (Wildman–Crippen MR) is 151 cm³/mol. The summed E-state index contributed by atoms with van der Waals surface area (Å²) >= 11 is 0. The number of hydrogen-bond donors (Lipinski definition) is 4. The molecular weight excluding hydrogens is 520 g/mol. The summed E-state index contributed by atoms with van der Waals surface area (Å²) in [4.78, 5) is 30.3. The molecule has 4 N–H and O–H groups in total. The summed E-state index contributed by atoms with van der Waals surface area (Å²) in [5.41, 5.74) is 0.377. The second kappa shape index (κ2) is 10.5. The number of ether oxygens (including phenoxy) is 1. The minimum Gasteiger partial charge on any atom is -0.506 e. The molecule has 39 heavy (non-hydrogen) atoms. The van der Waals surface area contributed by atoms with E-state index in [1.54, 1.807) is 48.7 Å². The summed E-state index contributed by atoms with van der Waals surface area (Å²) in [5, 5.41) is 14.4. The maximum absolute atomic E-state index is 13.6. The van der Waals surface area contributed by atoms with Crippen molar-refractivity contribution in [2.45, 2.75) is 31.7 Å². The molecule has 0 saturated heterocycles. The first-order chi connectivity index (χ1) is 18.7. The Kier molecular flexibility index (Phi) is 7.13. The van der Waals surface area contributed by atoms with Crippen LogP contribution >= 0.6 is 10.8 Å². The van der Waals surface area contributed by atoms with Crippen molar-refractivity contribution in [3.63, 3.8) is 0 Å². The van der Waals surface area contributed by atoms with E-state index in [-0.39, 0.29) is 45.9 Å². The zero-order valence-corrected chi connectivity index (χ0v) is 22.2. The number of anilines is 1. The SMILES string of the molecule is CC(C)CCn1c(=O)c(C2=NS(O)(O)c3cc(OCC(=O)c4ccccc4)ccc3N2)c(O)c2cccnc21. The lowest BCUT2D eigenvalue weighted by molar-refractivity contribution is 0.0921. The molecular formula is C28H28N4O6S. The Balaban J connectivity index is 1.49. The average Bonchev–Trinajstić information content (AvgIpc) is 2.92. The molecule has 0 amide bonds. The van der Waals surface area contributed by atoms with Gasteiger partial charge in [-0.25, -0.2) is 4.98 Å². The molecule has 10 nitrogen and oxygen atoms in total. The zero-order valence-electron chi connectivity index (χ0n) is 21.4. The van der Waals surface area contributed by atoms with Crippen LogP contribution in [0.5, 0.6) is 11.5 Å². The minimum absolute atomic E-state index is 0.0398. The van der Waals surface area contributed by atoms with Crippen molar-refractivity contribution < 1.29 is 23.7 Å². The highest BCUT2D eigenvalue weighted by molar-refractivity contribution is 8.23. The Hall–Kier alpha value is -4.19. The van der Waals surface area contributed by atoms with E-state index in [4.69, 9.17) is 4.74 Å². The molecule has 0 unspecified atom stereocenters. The number of nitrogens with zero attached hydrogens (tertiary/aromatic N) is 3. The topological polar surface area (TPSA) is 146 Å². The molecule has 0 fully saturated rings. The van der Waals surface area contributed by atoms with E-state index in [2.05, 4.69) is 14.7 Å². The lowest BCUT2D eigenvalue weighted by Gasteiger charge is -2.34. The summed E-state index contributed by atoms with van der Waals surface area (Å²) in [6.07, 6.45) is 2.24. The van der Waals surface area contributed by atoms with Gasteiger partial charge in [-0.05, 0) is 36.6 Å². The maximum atomic E-state index is 13.6. The van der Waals surface area contributed by atoms with Crippen molar-refractivity contribution in [1.82, 2.24) is 9.55 Å². The first kappa shape index (κ1) is 26.4. The van der Waals surface area contributed by atoms with Gasteiger partial charge in [0.05, 0.1) is 11.1 Å². The quantitative estimate of drug-likeness (QED) is 0.217. The molecule has 4 aromatic rings. The Morgan fingerprint density at radius 3 is 2.62 bits per heavy atom. The second-order valence-corrected chi connectivity index (χ2v) is 11.2. The second-order valence-electron chi connectivity index (χ2n) is 9.56. The highest BCUT2D eigenvalue weighted by Crippen LogP contribution is 2.56.